The summed E-state index contributed by atoms with van der Waals surface area (Å²) in [4.78, 5) is 17.4. The predicted octanol–water partition coefficient (Wildman–Crippen LogP) is 2.65. The van der Waals surface area contributed by atoms with E-state index in [1.165, 1.54) is 0 Å². The van der Waals surface area contributed by atoms with Crippen LogP contribution in [0.1, 0.15) is 19.8 Å². The lowest BCUT2D eigenvalue weighted by molar-refractivity contribution is -0.125. The molecule has 2 aromatic carbocycles. The van der Waals surface area contributed by atoms with Gasteiger partial charge in [-0.05, 0) is 44.0 Å². The van der Waals surface area contributed by atoms with Crippen LogP contribution < -0.4 is 24.4 Å². The van der Waals surface area contributed by atoms with Gasteiger partial charge in [0.15, 0.2) is 11.5 Å². The molecule has 31 heavy (non-hydrogen) atoms. The topological polar surface area (TPSA) is 63.3 Å². The number of ether oxygens (including phenoxy) is 3. The van der Waals surface area contributed by atoms with Crippen LogP contribution in [0.3, 0.4) is 0 Å². The molecule has 164 valence electrons. The number of rotatable bonds is 5. The summed E-state index contributed by atoms with van der Waals surface area (Å²) < 4.78 is 17.9. The molecule has 0 aromatic heterocycles. The lowest BCUT2D eigenvalue weighted by Crippen LogP contribution is -2.57. The number of amides is 1. The van der Waals surface area contributed by atoms with Crippen LogP contribution in [0, 0.1) is 0 Å². The average molecular weight is 424 g/mol. The van der Waals surface area contributed by atoms with E-state index >= 15 is 0 Å². The molecule has 0 aliphatic carbocycles. The third-order valence-corrected chi connectivity index (χ3v) is 6.50. The molecule has 1 amide bonds. The Morgan fingerprint density at radius 1 is 1.13 bits per heavy atom. The molecule has 0 radical (unpaired) electrons. The molecule has 1 unspecified atom stereocenters. The zero-order chi connectivity index (χ0) is 21.3. The van der Waals surface area contributed by atoms with Gasteiger partial charge >= 0.3 is 0 Å². The Labute approximate surface area is 182 Å². The van der Waals surface area contributed by atoms with Crippen molar-refractivity contribution in [2.45, 2.75) is 31.4 Å². The normalized spacial score (nSPS) is 22.4. The van der Waals surface area contributed by atoms with Gasteiger partial charge in [0.25, 0.3) is 0 Å². The van der Waals surface area contributed by atoms with E-state index in [1.54, 1.807) is 0 Å². The highest BCUT2D eigenvalue weighted by molar-refractivity contribution is 5.93. The van der Waals surface area contributed by atoms with Crippen LogP contribution in [0.25, 0.3) is 0 Å². The number of likely N-dealkylation sites (tertiary alicyclic amines) is 1. The predicted molar refractivity (Wildman–Crippen MR) is 118 cm³/mol. The summed E-state index contributed by atoms with van der Waals surface area (Å²) in [7, 11) is 0. The monoisotopic (exact) mass is 423 g/mol. The fourth-order valence-electron chi connectivity index (χ4n) is 4.89. The number of hydrogen-bond donors (Lipinski definition) is 1. The van der Waals surface area contributed by atoms with E-state index in [4.69, 9.17) is 14.2 Å². The molecule has 3 aliphatic rings. The van der Waals surface area contributed by atoms with E-state index in [1.807, 2.05) is 43.3 Å². The van der Waals surface area contributed by atoms with Crippen LogP contribution in [-0.2, 0) is 4.79 Å². The molecule has 3 heterocycles. The lowest BCUT2D eigenvalue weighted by atomic mass is 9.85. The van der Waals surface area contributed by atoms with E-state index in [-0.39, 0.29) is 12.0 Å². The number of hydrogen-bond acceptors (Lipinski definition) is 6. The maximum Gasteiger partial charge on any atom is 0.247 e. The van der Waals surface area contributed by atoms with Crippen molar-refractivity contribution in [2.24, 2.45) is 0 Å². The highest BCUT2D eigenvalue weighted by Crippen LogP contribution is 2.41. The van der Waals surface area contributed by atoms with Gasteiger partial charge in [-0.25, -0.2) is 0 Å². The van der Waals surface area contributed by atoms with Crippen LogP contribution in [0.5, 0.6) is 17.2 Å². The largest absolute Gasteiger partial charge is 0.490 e. The van der Waals surface area contributed by atoms with Crippen molar-refractivity contribution in [1.29, 1.82) is 0 Å². The fourth-order valence-corrected chi connectivity index (χ4v) is 4.89. The molecule has 2 fully saturated rings. The zero-order valence-electron chi connectivity index (χ0n) is 17.9. The van der Waals surface area contributed by atoms with Gasteiger partial charge in [-0.1, -0.05) is 24.3 Å². The number of benzene rings is 2. The number of anilines is 1. The molecule has 1 spiro atoms. The molecule has 7 nitrogen and oxygen atoms in total. The number of para-hydroxylation sites is 2. The summed E-state index contributed by atoms with van der Waals surface area (Å²) in [6, 6.07) is 16.0. The first-order valence-corrected chi connectivity index (χ1v) is 11.1. The molecule has 3 aliphatic heterocycles. The van der Waals surface area contributed by atoms with Crippen molar-refractivity contribution in [3.8, 4) is 17.2 Å². The molecule has 2 aromatic rings. The minimum absolute atomic E-state index is 0.0641. The third kappa shape index (κ3) is 3.67. The van der Waals surface area contributed by atoms with Crippen molar-refractivity contribution in [2.75, 3.05) is 44.4 Å². The number of nitrogens with zero attached hydrogens (tertiary/aromatic N) is 2. The van der Waals surface area contributed by atoms with Crippen LogP contribution in [0.4, 0.5) is 5.69 Å². The van der Waals surface area contributed by atoms with Gasteiger partial charge in [0.05, 0.1) is 13.3 Å². The van der Waals surface area contributed by atoms with Crippen molar-refractivity contribution in [3.05, 3.63) is 48.5 Å². The molecule has 2 saturated heterocycles. The summed E-state index contributed by atoms with van der Waals surface area (Å²) in [5, 5.41) is 3.06. The first kappa shape index (κ1) is 20.0. The van der Waals surface area contributed by atoms with E-state index in [9.17, 15) is 4.79 Å². The molecular weight excluding hydrogens is 394 g/mol. The summed E-state index contributed by atoms with van der Waals surface area (Å²) in [6.45, 7) is 6.08. The molecule has 0 bridgehead atoms. The van der Waals surface area contributed by atoms with Crippen molar-refractivity contribution in [3.63, 3.8) is 0 Å². The number of carbonyl (C=O) groups excluding carboxylic acids is 1. The van der Waals surface area contributed by atoms with E-state index in [0.717, 1.165) is 49.7 Å². The summed E-state index contributed by atoms with van der Waals surface area (Å²) in [5.41, 5.74) is 0.634. The fraction of sp³-hybridized carbons (Fsp3) is 0.458. The maximum atomic E-state index is 12.8. The Morgan fingerprint density at radius 2 is 1.94 bits per heavy atom. The summed E-state index contributed by atoms with van der Waals surface area (Å²) >= 11 is 0. The minimum atomic E-state index is -0.462. The number of nitrogens with one attached hydrogen (secondary N) is 1. The lowest BCUT2D eigenvalue weighted by Gasteiger charge is -2.44. The van der Waals surface area contributed by atoms with Crippen LogP contribution in [-0.4, -0.2) is 62.0 Å². The van der Waals surface area contributed by atoms with Gasteiger partial charge in [0.1, 0.15) is 18.2 Å². The Morgan fingerprint density at radius 3 is 2.71 bits per heavy atom. The highest BCUT2D eigenvalue weighted by atomic mass is 16.6. The first-order chi connectivity index (χ1) is 15.2. The first-order valence-electron chi connectivity index (χ1n) is 11.1. The van der Waals surface area contributed by atoms with Gasteiger partial charge in [0.2, 0.25) is 11.7 Å². The standard InChI is InChI=1S/C24H29N3O4/c1-2-29-20-9-6-10-21-22(20)31-19(16-30-21)15-26-13-11-24(12-14-26)23(28)25-17-27(24)18-7-4-3-5-8-18/h3-10,19H,2,11-17H2,1H3,(H,25,28). The average Bonchev–Trinajstić information content (AvgIpc) is 3.12. The van der Waals surface area contributed by atoms with E-state index in [0.29, 0.717) is 25.6 Å². The molecule has 1 atom stereocenters. The van der Waals surface area contributed by atoms with Crippen LogP contribution >= 0.6 is 0 Å². The summed E-state index contributed by atoms with van der Waals surface area (Å²) in [5.74, 6) is 2.30. The maximum absolute atomic E-state index is 12.8. The van der Waals surface area contributed by atoms with Gasteiger partial charge in [-0.15, -0.1) is 0 Å². The molecular formula is C24H29N3O4. The smallest absolute Gasteiger partial charge is 0.247 e. The molecule has 1 N–H and O–H groups in total. The number of fused-ring (bicyclic) bond motifs is 1. The Kier molecular flexibility index (Phi) is 5.36. The van der Waals surface area contributed by atoms with Gasteiger partial charge in [-0.2, -0.15) is 0 Å². The highest BCUT2D eigenvalue weighted by Gasteiger charge is 2.50. The van der Waals surface area contributed by atoms with Crippen LogP contribution in [0.2, 0.25) is 0 Å². The van der Waals surface area contributed by atoms with E-state index in [2.05, 4.69) is 27.2 Å². The quantitative estimate of drug-likeness (QED) is 0.798. The van der Waals surface area contributed by atoms with Gasteiger partial charge < -0.3 is 24.4 Å². The van der Waals surface area contributed by atoms with Crippen molar-refractivity contribution >= 4 is 11.6 Å². The second-order valence-electron chi connectivity index (χ2n) is 8.33. The summed E-state index contributed by atoms with van der Waals surface area (Å²) in [6.07, 6.45) is 1.52. The minimum Gasteiger partial charge on any atom is -0.490 e. The molecule has 7 heteroatoms. The van der Waals surface area contributed by atoms with Crippen LogP contribution in [0.15, 0.2) is 48.5 Å². The van der Waals surface area contributed by atoms with Gasteiger partial charge in [0, 0.05) is 25.3 Å². The second kappa shape index (κ2) is 8.30. The Balaban J connectivity index is 1.24. The molecule has 5 rings (SSSR count). The second-order valence-corrected chi connectivity index (χ2v) is 8.33. The molecule has 0 saturated carbocycles. The number of piperidine rings is 1. The van der Waals surface area contributed by atoms with Crippen molar-refractivity contribution in [1.82, 2.24) is 10.2 Å². The van der Waals surface area contributed by atoms with Crippen molar-refractivity contribution < 1.29 is 19.0 Å². The SMILES string of the molecule is CCOc1cccc2c1OC(CN1CCC3(CC1)C(=O)NCN3c1ccccc1)CO2. The van der Waals surface area contributed by atoms with Gasteiger partial charge in [-0.3, -0.25) is 9.69 Å². The van der Waals surface area contributed by atoms with E-state index < -0.39 is 5.54 Å². The zero-order valence-corrected chi connectivity index (χ0v) is 17.9. The Bertz CT molecular complexity index is 928. The number of carbonyl (C=O) groups is 1. The third-order valence-electron chi connectivity index (χ3n) is 6.50. The Hall–Kier alpha value is -2.93.